The van der Waals surface area contributed by atoms with E-state index < -0.39 is 76.3 Å². The molecule has 1 aromatic carbocycles. The van der Waals surface area contributed by atoms with Crippen LogP contribution in [0.15, 0.2) is 70.7 Å². The van der Waals surface area contributed by atoms with Gasteiger partial charge in [-0.05, 0) is 38.0 Å². The molecule has 4 aromatic heterocycles. The molecule has 1 fully saturated rings. The van der Waals surface area contributed by atoms with Gasteiger partial charge in [0.1, 0.15) is 36.2 Å². The molecule has 6 atom stereocenters. The van der Waals surface area contributed by atoms with Gasteiger partial charge in [0.25, 0.3) is 10.1 Å². The Kier molecular flexibility index (Phi) is 18.2. The summed E-state index contributed by atoms with van der Waals surface area (Å²) in [7, 11) is -20.7. The van der Waals surface area contributed by atoms with E-state index >= 15 is 0 Å². The van der Waals surface area contributed by atoms with Gasteiger partial charge >= 0.3 is 35.0 Å². The number of nitrogens with one attached hydrogen (secondary N) is 3. The molecule has 33 heteroatoms. The quantitative estimate of drug-likeness (QED) is 0.0129. The molecule has 1 aliphatic heterocycles. The van der Waals surface area contributed by atoms with E-state index in [4.69, 9.17) is 34.0 Å². The number of aliphatic hydroxyl groups excluding tert-OH is 1. The molecule has 0 aliphatic carbocycles. The number of nitrogens with two attached hydrogens (primary N) is 1. The van der Waals surface area contributed by atoms with Crippen LogP contribution in [0.3, 0.4) is 0 Å². The molecule has 5 aromatic rings. The number of aliphatic hydroxyl groups is 1. The van der Waals surface area contributed by atoms with Crippen molar-refractivity contribution in [2.24, 2.45) is 0 Å². The average molecular weight is 1080 g/mol. The Balaban J connectivity index is 0.940. The van der Waals surface area contributed by atoms with Gasteiger partial charge < -0.3 is 59.8 Å². The van der Waals surface area contributed by atoms with Crippen LogP contribution in [0.2, 0.25) is 0 Å². The number of hydrogen-bond acceptors (Lipinski definition) is 19. The van der Waals surface area contributed by atoms with Gasteiger partial charge in [-0.2, -0.15) is 12.7 Å². The van der Waals surface area contributed by atoms with Crippen molar-refractivity contribution in [2.45, 2.75) is 70.1 Å². The number of amides is 2. The number of phosphoric acid groups is 1. The number of benzene rings is 1. The number of alkyl carbamates (subject to hydrolysis) is 1. The lowest BCUT2D eigenvalue weighted by Gasteiger charge is -2.23. The van der Waals surface area contributed by atoms with Crippen molar-refractivity contribution in [3.8, 4) is 11.1 Å². The van der Waals surface area contributed by atoms with Crippen molar-refractivity contribution in [2.75, 3.05) is 49.2 Å². The third-order valence-corrected chi connectivity index (χ3v) is 15.7. The van der Waals surface area contributed by atoms with E-state index in [-0.39, 0.29) is 54.6 Å². The minimum Gasteiger partial charge on any atom is -0.439 e. The van der Waals surface area contributed by atoms with Gasteiger partial charge in [-0.15, -0.1) is 4.86 Å². The number of rotatable bonds is 25. The second kappa shape index (κ2) is 23.5. The summed E-state index contributed by atoms with van der Waals surface area (Å²) in [6.45, 7) is 2.48. The first kappa shape index (κ1) is 55.0. The highest BCUT2D eigenvalue weighted by molar-refractivity contribution is 7.85. The van der Waals surface area contributed by atoms with Gasteiger partial charge in [0.15, 0.2) is 36.2 Å². The summed E-state index contributed by atoms with van der Waals surface area (Å²) in [6, 6.07) is 10.8. The normalized spacial score (nSPS) is 19.0. The van der Waals surface area contributed by atoms with Gasteiger partial charge in [0.05, 0.1) is 24.3 Å². The maximum atomic E-state index is 13.0. The summed E-state index contributed by atoms with van der Waals surface area (Å²) in [5, 5.41) is 17.0. The highest BCUT2D eigenvalue weighted by atomic mass is 32.2. The first-order valence-corrected chi connectivity index (χ1v) is 27.8. The average Bonchev–Trinajstić information content (AvgIpc) is 3.84. The smallest absolute Gasteiger partial charge is 0.439 e. The van der Waals surface area contributed by atoms with E-state index in [0.29, 0.717) is 54.6 Å². The molecule has 5 heterocycles. The lowest BCUT2D eigenvalue weighted by molar-refractivity contribution is -0.696. The number of nitrogen functional groups attached to an aromatic ring is 1. The topological polar surface area (TPSA) is 421 Å². The number of nitrogens with zero attached hydrogens (tertiary/aromatic N) is 6. The molecule has 0 spiro atoms. The third-order valence-electron chi connectivity index (χ3n) is 10.6. The zero-order valence-corrected chi connectivity index (χ0v) is 41.1. The molecule has 1 saturated heterocycles. The van der Waals surface area contributed by atoms with Crippen molar-refractivity contribution < 1.29 is 88.2 Å². The molecule has 1 aliphatic rings. The predicted octanol–water partition coefficient (Wildman–Crippen LogP) is 1.22. The van der Waals surface area contributed by atoms with Crippen LogP contribution in [0, 0.1) is 0 Å². The molecule has 29 nitrogen and oxygen atoms in total. The van der Waals surface area contributed by atoms with Crippen LogP contribution in [0.5, 0.6) is 0 Å². The SMILES string of the molecule is CCN(CCCCCC(=O)NCCNC(=O)O[C@@H]1[C@H](O)[C@@H](COP(=O)(O)OP(=O)(O)NP(=O)(O)O)O[C@H]1n1cnc2c(N)ncnc21)c1ccc2cc(-c3cc[n+](CCCS(=O)(=O)O)cc3)c(=O)oc2c1. The van der Waals surface area contributed by atoms with Crippen molar-refractivity contribution in [1.29, 1.82) is 0 Å². The van der Waals surface area contributed by atoms with Crippen molar-refractivity contribution in [1.82, 2.24) is 35.0 Å². The maximum Gasteiger partial charge on any atom is 0.480 e. The van der Waals surface area contributed by atoms with Crippen LogP contribution in [0.25, 0.3) is 33.3 Å². The van der Waals surface area contributed by atoms with Crippen molar-refractivity contribution >= 4 is 79.1 Å². The van der Waals surface area contributed by atoms with E-state index in [1.807, 2.05) is 19.1 Å². The predicted molar refractivity (Wildman–Crippen MR) is 248 cm³/mol. The van der Waals surface area contributed by atoms with E-state index in [1.54, 1.807) is 41.2 Å². The van der Waals surface area contributed by atoms with E-state index in [1.165, 1.54) is 10.9 Å². The number of pyridine rings is 1. The number of hydrogen-bond donors (Lipinski definition) is 10. The van der Waals surface area contributed by atoms with Gasteiger partial charge in [0.2, 0.25) is 5.91 Å². The fourth-order valence-electron chi connectivity index (χ4n) is 7.35. The molecule has 0 bridgehead atoms. The molecule has 0 radical (unpaired) electrons. The molecule has 71 heavy (non-hydrogen) atoms. The maximum absolute atomic E-state index is 13.0. The number of ether oxygens (including phenoxy) is 2. The van der Waals surface area contributed by atoms with E-state index in [9.17, 15) is 51.4 Å². The number of carbonyl (C=O) groups is 2. The minimum absolute atomic E-state index is 0.00614. The number of phosphoric ester groups is 1. The van der Waals surface area contributed by atoms with E-state index in [0.717, 1.165) is 23.3 Å². The van der Waals surface area contributed by atoms with Gasteiger partial charge in [-0.25, -0.2) is 42.8 Å². The zero-order valence-electron chi connectivity index (χ0n) is 37.6. The second-order valence-electron chi connectivity index (χ2n) is 15.8. The Bertz CT molecular complexity index is 3020. The Labute approximate surface area is 403 Å². The summed E-state index contributed by atoms with van der Waals surface area (Å²) in [6.07, 6.45) is 0.537. The van der Waals surface area contributed by atoms with Crippen molar-refractivity contribution in [3.63, 3.8) is 0 Å². The Hall–Kier alpha value is -5.29. The number of imidazole rings is 1. The standard InChI is InChI=1S/C38H51N10O19P3S/c1-2-47(26-9-8-25-19-27(37(51)65-28(25)20-26)24-10-16-46(17-11-24)14-6-18-71(60,61)62)15-5-3-4-7-30(49)40-12-13-41-38(52)66-33-32(50)29(21-63-70(58,59)67-69(56,57)45-68(53,54)55)64-36(33)48-23-44-31-34(39)42-22-43-35(31)48/h8-11,16-17,19-20,22-23,29,32-33,36,50H,2-7,12-15,18,21H2,1H3,(H9-,39,40,41,42,43,45,49,52,53,54,55,56,57,58,59,60,61,62)/p+1/t29-,32-,33-,36-/m1/s1. The number of aryl methyl sites for hydroxylation is 1. The fourth-order valence-corrected chi connectivity index (χ4v) is 11.3. The lowest BCUT2D eigenvalue weighted by Crippen LogP contribution is -2.41. The number of fused-ring (bicyclic) bond motifs is 2. The Morgan fingerprint density at radius 1 is 0.986 bits per heavy atom. The highest BCUT2D eigenvalue weighted by Gasteiger charge is 2.49. The second-order valence-corrected chi connectivity index (χ2v) is 22.2. The number of aromatic nitrogens is 5. The van der Waals surface area contributed by atoms with Crippen LogP contribution in [-0.4, -0.2) is 126 Å². The minimum atomic E-state index is -5.61. The van der Waals surface area contributed by atoms with Gasteiger partial charge in [-0.3, -0.25) is 18.4 Å². The van der Waals surface area contributed by atoms with Crippen LogP contribution in [-0.2, 0) is 53.5 Å². The van der Waals surface area contributed by atoms with Gasteiger partial charge in [0, 0.05) is 73.9 Å². The van der Waals surface area contributed by atoms with E-state index in [2.05, 4.69) is 39.3 Å². The Morgan fingerprint density at radius 2 is 1.72 bits per heavy atom. The third kappa shape index (κ3) is 15.8. The largest absolute Gasteiger partial charge is 0.480 e. The van der Waals surface area contributed by atoms with Crippen LogP contribution in [0.1, 0.15) is 45.3 Å². The zero-order chi connectivity index (χ0) is 51.7. The first-order chi connectivity index (χ1) is 33.4. The molecular weight excluding hydrogens is 1030 g/mol. The summed E-state index contributed by atoms with van der Waals surface area (Å²) in [5.41, 5.74) is 7.76. The summed E-state index contributed by atoms with van der Waals surface area (Å²) >= 11 is 0. The number of anilines is 2. The lowest BCUT2D eigenvalue weighted by atomic mass is 10.1. The molecule has 11 N–H and O–H groups in total. The molecule has 0 saturated carbocycles. The van der Waals surface area contributed by atoms with Gasteiger partial charge in [-0.1, -0.05) is 6.42 Å². The summed E-state index contributed by atoms with van der Waals surface area (Å²) in [5.74, 6) is -0.672. The molecule has 6 rings (SSSR count). The number of carbonyl (C=O) groups excluding carboxylic acids is 2. The molecule has 2 amide bonds. The van der Waals surface area contributed by atoms with Crippen LogP contribution < -0.4 is 36.3 Å². The summed E-state index contributed by atoms with van der Waals surface area (Å²) in [4.78, 5) is 90.9. The first-order valence-electron chi connectivity index (χ1n) is 21.5. The molecule has 2 unspecified atom stereocenters. The highest BCUT2D eigenvalue weighted by Crippen LogP contribution is 2.61. The van der Waals surface area contributed by atoms with Crippen LogP contribution >= 0.6 is 23.3 Å². The Morgan fingerprint density at radius 3 is 2.42 bits per heavy atom. The molecule has 388 valence electrons. The van der Waals surface area contributed by atoms with Crippen LogP contribution in [0.4, 0.5) is 16.3 Å². The van der Waals surface area contributed by atoms with Crippen molar-refractivity contribution in [3.05, 3.63) is 71.9 Å². The summed E-state index contributed by atoms with van der Waals surface area (Å²) < 4.78 is 94.9. The molecular formula is C38H52N10O19P3S+. The fraction of sp³-hybridized carbons (Fsp3) is 0.447. The monoisotopic (exact) mass is 1080 g/mol. The number of unbranched alkanes of at least 4 members (excludes halogenated alkanes) is 2.